The van der Waals surface area contributed by atoms with E-state index in [0.29, 0.717) is 10.0 Å². The predicted molar refractivity (Wildman–Crippen MR) is 83.3 cm³/mol. The summed E-state index contributed by atoms with van der Waals surface area (Å²) in [7, 11) is 0. The third-order valence-corrected chi connectivity index (χ3v) is 4.50. The van der Waals surface area contributed by atoms with Gasteiger partial charge in [0, 0.05) is 5.41 Å². The lowest BCUT2D eigenvalue weighted by Gasteiger charge is -2.40. The van der Waals surface area contributed by atoms with Crippen molar-refractivity contribution in [2.75, 3.05) is 11.9 Å². The molecule has 9 heteroatoms. The minimum absolute atomic E-state index is 0.0585. The fourth-order valence-corrected chi connectivity index (χ4v) is 3.15. The van der Waals surface area contributed by atoms with Crippen LogP contribution >= 0.6 is 11.3 Å². The monoisotopic (exact) mass is 346 g/mol. The third kappa shape index (κ3) is 3.87. The number of carbonyl (C=O) groups excluding carboxylic acids is 1. The number of ether oxygens (including phenoxy) is 1. The van der Waals surface area contributed by atoms with Crippen LogP contribution in [0.1, 0.15) is 30.4 Å². The second kappa shape index (κ2) is 6.80. The van der Waals surface area contributed by atoms with Crippen LogP contribution < -0.4 is 5.32 Å². The number of aliphatic hydroxyl groups is 4. The van der Waals surface area contributed by atoms with Crippen LogP contribution in [0.25, 0.3) is 0 Å². The lowest BCUT2D eigenvalue weighted by molar-refractivity contribution is -0.221. The molecular weight excluding hydrogens is 324 g/mol. The minimum Gasteiger partial charge on any atom is -0.394 e. The predicted octanol–water partition coefficient (Wildman–Crippen LogP) is -0.416. The Bertz CT molecular complexity index is 556. The number of nitrogens with zero attached hydrogens (tertiary/aromatic N) is 1. The van der Waals surface area contributed by atoms with E-state index in [0.717, 1.165) is 11.3 Å². The molecule has 0 radical (unpaired) electrons. The molecule has 2 rings (SSSR count). The Hall–Kier alpha value is -1.10. The summed E-state index contributed by atoms with van der Waals surface area (Å²) in [6.45, 7) is 4.91. The van der Waals surface area contributed by atoms with Crippen molar-refractivity contribution in [1.82, 2.24) is 4.98 Å². The number of ketones is 1. The van der Waals surface area contributed by atoms with Gasteiger partial charge in [-0.1, -0.05) is 32.1 Å². The molecule has 1 aliphatic rings. The molecule has 130 valence electrons. The molecule has 0 saturated carbocycles. The van der Waals surface area contributed by atoms with Crippen LogP contribution in [0.2, 0.25) is 0 Å². The standard InChI is InChI=1S/C14H22N2O6S/c1-14(2,3)11(21)7-4-15-13(23-7)16-12-10(20)9(19)8(18)6(5-17)22-12/h4,6,8-10,12,17-20H,5H2,1-3H3,(H,15,16)/t6-,8-,9+,10+,12-/m1/s1. The van der Waals surface area contributed by atoms with E-state index in [1.807, 2.05) is 0 Å². The maximum Gasteiger partial charge on any atom is 0.185 e. The number of thiazole rings is 1. The first-order chi connectivity index (χ1) is 10.6. The second-order valence-electron chi connectivity index (χ2n) is 6.50. The molecule has 0 amide bonds. The second-order valence-corrected chi connectivity index (χ2v) is 7.53. The van der Waals surface area contributed by atoms with E-state index in [2.05, 4.69) is 10.3 Å². The number of rotatable bonds is 4. The molecule has 5 N–H and O–H groups in total. The van der Waals surface area contributed by atoms with Crippen LogP contribution in [-0.2, 0) is 4.74 Å². The molecule has 5 atom stereocenters. The van der Waals surface area contributed by atoms with Crippen molar-refractivity contribution in [3.8, 4) is 0 Å². The Morgan fingerprint density at radius 2 is 1.96 bits per heavy atom. The van der Waals surface area contributed by atoms with E-state index in [4.69, 9.17) is 9.84 Å². The smallest absolute Gasteiger partial charge is 0.185 e. The van der Waals surface area contributed by atoms with E-state index in [1.165, 1.54) is 6.20 Å². The van der Waals surface area contributed by atoms with E-state index >= 15 is 0 Å². The average molecular weight is 346 g/mol. The first kappa shape index (κ1) is 18.2. The van der Waals surface area contributed by atoms with E-state index in [1.54, 1.807) is 20.8 Å². The number of hydrogen-bond donors (Lipinski definition) is 5. The number of nitrogens with one attached hydrogen (secondary N) is 1. The van der Waals surface area contributed by atoms with Gasteiger partial charge in [0.05, 0.1) is 17.7 Å². The molecule has 2 heterocycles. The maximum absolute atomic E-state index is 12.2. The first-order valence-electron chi connectivity index (χ1n) is 7.23. The quantitative estimate of drug-likeness (QED) is 0.465. The zero-order chi connectivity index (χ0) is 17.4. The molecule has 8 nitrogen and oxygen atoms in total. The van der Waals surface area contributed by atoms with Crippen LogP contribution in [0.4, 0.5) is 5.13 Å². The summed E-state index contributed by atoms with van der Waals surface area (Å²) >= 11 is 1.10. The van der Waals surface area contributed by atoms with Crippen molar-refractivity contribution in [2.45, 2.75) is 51.4 Å². The Morgan fingerprint density at radius 3 is 2.52 bits per heavy atom. The van der Waals surface area contributed by atoms with Gasteiger partial charge in [0.2, 0.25) is 0 Å². The molecule has 0 aliphatic carbocycles. The molecule has 0 spiro atoms. The average Bonchev–Trinajstić information content (AvgIpc) is 2.94. The molecule has 1 saturated heterocycles. The van der Waals surface area contributed by atoms with E-state index in [9.17, 15) is 20.1 Å². The van der Waals surface area contributed by atoms with Crippen LogP contribution in [0.15, 0.2) is 6.20 Å². The van der Waals surface area contributed by atoms with Crippen molar-refractivity contribution in [2.24, 2.45) is 5.41 Å². The molecule has 0 unspecified atom stereocenters. The van der Waals surface area contributed by atoms with Crippen molar-refractivity contribution in [3.05, 3.63) is 11.1 Å². The zero-order valence-corrected chi connectivity index (χ0v) is 13.9. The van der Waals surface area contributed by atoms with Gasteiger partial charge < -0.3 is 30.5 Å². The Morgan fingerprint density at radius 1 is 1.30 bits per heavy atom. The molecule has 1 fully saturated rings. The Balaban J connectivity index is 2.10. The highest BCUT2D eigenvalue weighted by Crippen LogP contribution is 2.29. The fourth-order valence-electron chi connectivity index (χ4n) is 2.16. The summed E-state index contributed by atoms with van der Waals surface area (Å²) in [4.78, 5) is 16.7. The topological polar surface area (TPSA) is 132 Å². The van der Waals surface area contributed by atoms with Crippen molar-refractivity contribution in [3.63, 3.8) is 0 Å². The number of hydrogen-bond acceptors (Lipinski definition) is 9. The van der Waals surface area contributed by atoms with Gasteiger partial charge in [0.25, 0.3) is 0 Å². The normalized spacial score (nSPS) is 31.9. The summed E-state index contributed by atoms with van der Waals surface area (Å²) in [5.41, 5.74) is -0.535. The van der Waals surface area contributed by atoms with Gasteiger partial charge in [0.1, 0.15) is 24.4 Å². The van der Waals surface area contributed by atoms with Gasteiger partial charge in [-0.2, -0.15) is 0 Å². The van der Waals surface area contributed by atoms with Crippen LogP contribution in [0.3, 0.4) is 0 Å². The number of anilines is 1. The minimum atomic E-state index is -1.46. The highest BCUT2D eigenvalue weighted by molar-refractivity contribution is 7.17. The van der Waals surface area contributed by atoms with Crippen molar-refractivity contribution < 1.29 is 30.0 Å². The SMILES string of the molecule is CC(C)(C)C(=O)c1cnc(N[C@@H]2O[C@H](CO)[C@@H](O)[C@H](O)[C@@H]2O)s1. The van der Waals surface area contributed by atoms with Crippen LogP contribution in [0, 0.1) is 5.41 Å². The molecule has 1 aromatic heterocycles. The van der Waals surface area contributed by atoms with Gasteiger partial charge in [-0.05, 0) is 0 Å². The van der Waals surface area contributed by atoms with Crippen LogP contribution in [0.5, 0.6) is 0 Å². The summed E-state index contributed by atoms with van der Waals surface area (Å²) in [6.07, 6.45) is -4.91. The van der Waals surface area contributed by atoms with Gasteiger partial charge in [0.15, 0.2) is 17.1 Å². The largest absolute Gasteiger partial charge is 0.394 e. The molecule has 23 heavy (non-hydrogen) atoms. The van der Waals surface area contributed by atoms with Gasteiger partial charge in [-0.25, -0.2) is 4.98 Å². The number of aromatic nitrogens is 1. The molecule has 1 aliphatic heterocycles. The molecule has 1 aromatic rings. The van der Waals surface area contributed by atoms with Gasteiger partial charge in [-0.15, -0.1) is 0 Å². The lowest BCUT2D eigenvalue weighted by Crippen LogP contribution is -2.60. The molecular formula is C14H22N2O6S. The lowest BCUT2D eigenvalue weighted by atomic mass is 9.90. The Labute approximate surface area is 137 Å². The third-order valence-electron chi connectivity index (χ3n) is 3.57. The first-order valence-corrected chi connectivity index (χ1v) is 8.04. The summed E-state index contributed by atoms with van der Waals surface area (Å²) in [5.74, 6) is -0.0585. The van der Waals surface area contributed by atoms with E-state index < -0.39 is 42.7 Å². The van der Waals surface area contributed by atoms with Gasteiger partial charge >= 0.3 is 0 Å². The molecule has 0 aromatic carbocycles. The highest BCUT2D eigenvalue weighted by Gasteiger charge is 2.43. The highest BCUT2D eigenvalue weighted by atomic mass is 32.1. The summed E-state index contributed by atoms with van der Waals surface area (Å²) in [6, 6.07) is 0. The maximum atomic E-state index is 12.2. The van der Waals surface area contributed by atoms with Crippen molar-refractivity contribution in [1.29, 1.82) is 0 Å². The number of Topliss-reactive ketones (excluding diaryl/α,β-unsaturated/α-hetero) is 1. The number of aliphatic hydroxyl groups excluding tert-OH is 4. The van der Waals surface area contributed by atoms with Crippen LogP contribution in [-0.4, -0.2) is 68.4 Å². The fraction of sp³-hybridized carbons (Fsp3) is 0.714. The van der Waals surface area contributed by atoms with E-state index in [-0.39, 0.29) is 5.78 Å². The number of carbonyl (C=O) groups is 1. The summed E-state index contributed by atoms with van der Waals surface area (Å²) < 4.78 is 5.33. The Kier molecular flexibility index (Phi) is 5.39. The van der Waals surface area contributed by atoms with Crippen molar-refractivity contribution >= 4 is 22.3 Å². The summed E-state index contributed by atoms with van der Waals surface area (Å²) in [5, 5.41) is 41.7. The van der Waals surface area contributed by atoms with Gasteiger partial charge in [-0.3, -0.25) is 4.79 Å². The molecule has 0 bridgehead atoms. The zero-order valence-electron chi connectivity index (χ0n) is 13.1.